The molecule has 0 N–H and O–H groups in total. The number of ketones is 1. The second-order valence-corrected chi connectivity index (χ2v) is 8.02. The van der Waals surface area contributed by atoms with Crippen LogP contribution in [0.5, 0.6) is 0 Å². The lowest BCUT2D eigenvalue weighted by Crippen LogP contribution is -2.18. The number of hydrogen-bond acceptors (Lipinski definition) is 3. The smallest absolute Gasteiger partial charge is 0.185 e. The van der Waals surface area contributed by atoms with Gasteiger partial charge in [-0.05, 0) is 42.0 Å². The molecule has 0 amide bonds. The van der Waals surface area contributed by atoms with Crippen molar-refractivity contribution in [1.82, 2.24) is 0 Å². The van der Waals surface area contributed by atoms with E-state index in [0.29, 0.717) is 5.56 Å². The summed E-state index contributed by atoms with van der Waals surface area (Å²) in [5, 5.41) is -1.01. The first-order valence-corrected chi connectivity index (χ1v) is 9.66. The fourth-order valence-corrected chi connectivity index (χ4v) is 4.52. The lowest BCUT2D eigenvalue weighted by atomic mass is 10.0. The summed E-state index contributed by atoms with van der Waals surface area (Å²) in [5.41, 5.74) is 0.836. The summed E-state index contributed by atoms with van der Waals surface area (Å²) in [5.74, 6) is -0.795. The molecule has 0 spiro atoms. The highest BCUT2D eigenvalue weighted by molar-refractivity contribution is 7.91. The molecule has 0 bridgehead atoms. The van der Waals surface area contributed by atoms with Crippen molar-refractivity contribution in [2.75, 3.05) is 0 Å². The van der Waals surface area contributed by atoms with Crippen LogP contribution in [0.15, 0.2) is 89.8 Å². The second kappa shape index (κ2) is 7.62. The van der Waals surface area contributed by atoms with Crippen LogP contribution >= 0.6 is 0 Å². The first kappa shape index (κ1) is 18.0. The summed E-state index contributed by atoms with van der Waals surface area (Å²) >= 11 is 0. The fraction of sp³-hybridized carbons (Fsp3) is 0.0952. The van der Waals surface area contributed by atoms with E-state index >= 15 is 0 Å². The van der Waals surface area contributed by atoms with Crippen molar-refractivity contribution < 1.29 is 17.6 Å². The molecule has 3 aromatic rings. The minimum atomic E-state index is -3.76. The average molecular weight is 368 g/mol. The first-order valence-electron chi connectivity index (χ1n) is 8.11. The highest BCUT2D eigenvalue weighted by atomic mass is 32.2. The number of hydrogen-bond donors (Lipinski definition) is 0. The number of halogens is 1. The van der Waals surface area contributed by atoms with Gasteiger partial charge in [0, 0.05) is 12.0 Å². The largest absolute Gasteiger partial charge is 0.294 e. The monoisotopic (exact) mass is 368 g/mol. The Hall–Kier alpha value is -2.79. The van der Waals surface area contributed by atoms with E-state index < -0.39 is 20.9 Å². The van der Waals surface area contributed by atoms with Crippen LogP contribution in [0.2, 0.25) is 0 Å². The molecule has 5 heteroatoms. The van der Waals surface area contributed by atoms with Gasteiger partial charge in [0.1, 0.15) is 5.82 Å². The standard InChI is InChI=1S/C21H17FO3S/c22-18-13-11-16(12-14-18)20(23)15-21(17-7-3-1-4-8-17)26(24,25)19-9-5-2-6-10-19/h1-14,21H,15H2/t21-/m1/s1. The SMILES string of the molecule is O=C(C[C@H](c1ccccc1)S(=O)(=O)c1ccccc1)c1ccc(F)cc1. The van der Waals surface area contributed by atoms with E-state index in [1.807, 2.05) is 0 Å². The Bertz CT molecular complexity index is 982. The summed E-state index contributed by atoms with van der Waals surface area (Å²) in [7, 11) is -3.76. The third-order valence-corrected chi connectivity index (χ3v) is 6.27. The predicted molar refractivity (Wildman–Crippen MR) is 98.2 cm³/mol. The highest BCUT2D eigenvalue weighted by Gasteiger charge is 2.31. The zero-order chi connectivity index (χ0) is 18.6. The van der Waals surface area contributed by atoms with E-state index in [9.17, 15) is 17.6 Å². The van der Waals surface area contributed by atoms with Crippen molar-refractivity contribution in [3.8, 4) is 0 Å². The fourth-order valence-electron chi connectivity index (χ4n) is 2.77. The van der Waals surface area contributed by atoms with Gasteiger partial charge in [0.25, 0.3) is 0 Å². The first-order chi connectivity index (χ1) is 12.5. The quantitative estimate of drug-likeness (QED) is 0.597. The van der Waals surface area contributed by atoms with Gasteiger partial charge >= 0.3 is 0 Å². The minimum absolute atomic E-state index is 0.167. The Kier molecular flexibility index (Phi) is 5.28. The van der Waals surface area contributed by atoms with Crippen molar-refractivity contribution >= 4 is 15.6 Å². The summed E-state index contributed by atoms with van der Waals surface area (Å²) < 4.78 is 39.4. The van der Waals surface area contributed by atoms with Gasteiger partial charge in [0.15, 0.2) is 15.6 Å². The van der Waals surface area contributed by atoms with Crippen molar-refractivity contribution in [3.63, 3.8) is 0 Å². The van der Waals surface area contributed by atoms with Gasteiger partial charge in [0.05, 0.1) is 10.1 Å². The van der Waals surface area contributed by atoms with E-state index in [1.54, 1.807) is 48.5 Å². The molecule has 3 rings (SSSR count). The van der Waals surface area contributed by atoms with Crippen LogP contribution in [0, 0.1) is 5.82 Å². The molecule has 0 radical (unpaired) electrons. The topological polar surface area (TPSA) is 51.2 Å². The van der Waals surface area contributed by atoms with E-state index in [4.69, 9.17) is 0 Å². The maximum atomic E-state index is 13.1. The Morgan fingerprint density at radius 3 is 1.92 bits per heavy atom. The maximum Gasteiger partial charge on any atom is 0.185 e. The van der Waals surface area contributed by atoms with Gasteiger partial charge < -0.3 is 0 Å². The molecular weight excluding hydrogens is 351 g/mol. The van der Waals surface area contributed by atoms with Gasteiger partial charge in [-0.1, -0.05) is 48.5 Å². The van der Waals surface area contributed by atoms with E-state index in [-0.39, 0.29) is 22.7 Å². The number of carbonyl (C=O) groups is 1. The molecule has 0 aliphatic carbocycles. The van der Waals surface area contributed by atoms with Gasteiger partial charge in [0.2, 0.25) is 0 Å². The molecular formula is C21H17FO3S. The molecule has 0 saturated carbocycles. The molecule has 0 aliphatic rings. The molecule has 0 fully saturated rings. The van der Waals surface area contributed by atoms with Crippen LogP contribution in [0.1, 0.15) is 27.6 Å². The second-order valence-electron chi connectivity index (χ2n) is 5.89. The number of Topliss-reactive ketones (excluding diaryl/α,β-unsaturated/α-hetero) is 1. The van der Waals surface area contributed by atoms with Gasteiger partial charge in [-0.2, -0.15) is 0 Å². The zero-order valence-electron chi connectivity index (χ0n) is 13.9. The predicted octanol–water partition coefficient (Wildman–Crippen LogP) is 4.61. The van der Waals surface area contributed by atoms with Crippen molar-refractivity contribution in [2.45, 2.75) is 16.6 Å². The Balaban J connectivity index is 1.99. The molecule has 0 saturated heterocycles. The molecule has 0 heterocycles. The van der Waals surface area contributed by atoms with E-state index in [2.05, 4.69) is 0 Å². The van der Waals surface area contributed by atoms with Crippen LogP contribution < -0.4 is 0 Å². The third-order valence-electron chi connectivity index (χ3n) is 4.15. The van der Waals surface area contributed by atoms with Crippen LogP contribution in [-0.2, 0) is 9.84 Å². The normalized spacial score (nSPS) is 12.5. The molecule has 132 valence electrons. The zero-order valence-corrected chi connectivity index (χ0v) is 14.7. The minimum Gasteiger partial charge on any atom is -0.294 e. The van der Waals surface area contributed by atoms with Gasteiger partial charge in [-0.25, -0.2) is 12.8 Å². The molecule has 3 nitrogen and oxygen atoms in total. The average Bonchev–Trinajstić information content (AvgIpc) is 2.67. The van der Waals surface area contributed by atoms with Crippen LogP contribution in [0.25, 0.3) is 0 Å². The summed E-state index contributed by atoms with van der Waals surface area (Å²) in [6, 6.07) is 21.9. The Labute approximate surface area is 152 Å². The lowest BCUT2D eigenvalue weighted by Gasteiger charge is -2.18. The third kappa shape index (κ3) is 3.89. The lowest BCUT2D eigenvalue weighted by molar-refractivity contribution is 0.0980. The van der Waals surface area contributed by atoms with Gasteiger partial charge in [-0.15, -0.1) is 0 Å². The van der Waals surface area contributed by atoms with E-state index in [0.717, 1.165) is 0 Å². The summed E-state index contributed by atoms with van der Waals surface area (Å²) in [6.45, 7) is 0. The molecule has 1 atom stereocenters. The van der Waals surface area contributed by atoms with Crippen LogP contribution in [0.3, 0.4) is 0 Å². The van der Waals surface area contributed by atoms with Crippen LogP contribution in [-0.4, -0.2) is 14.2 Å². The molecule has 0 aromatic heterocycles. The summed E-state index contributed by atoms with van der Waals surface area (Å²) in [6.07, 6.45) is -0.215. The molecule has 26 heavy (non-hydrogen) atoms. The number of carbonyl (C=O) groups excluding carboxylic acids is 1. The molecule has 0 aliphatic heterocycles. The Morgan fingerprint density at radius 2 is 1.35 bits per heavy atom. The number of sulfone groups is 1. The van der Waals surface area contributed by atoms with Crippen molar-refractivity contribution in [1.29, 1.82) is 0 Å². The van der Waals surface area contributed by atoms with Gasteiger partial charge in [-0.3, -0.25) is 4.79 Å². The van der Waals surface area contributed by atoms with Crippen molar-refractivity contribution in [2.24, 2.45) is 0 Å². The molecule has 3 aromatic carbocycles. The van der Waals surface area contributed by atoms with Crippen molar-refractivity contribution in [3.05, 3.63) is 102 Å². The highest BCUT2D eigenvalue weighted by Crippen LogP contribution is 2.32. The Morgan fingerprint density at radius 1 is 0.808 bits per heavy atom. The van der Waals surface area contributed by atoms with Crippen LogP contribution in [0.4, 0.5) is 4.39 Å². The number of benzene rings is 3. The summed E-state index contributed by atoms with van der Waals surface area (Å²) in [4.78, 5) is 12.8. The maximum absolute atomic E-state index is 13.1. The van der Waals surface area contributed by atoms with E-state index in [1.165, 1.54) is 36.4 Å². The number of rotatable bonds is 6. The molecule has 0 unspecified atom stereocenters.